The van der Waals surface area contributed by atoms with Crippen LogP contribution in [0.25, 0.3) is 11.6 Å². The number of ether oxygens (including phenoxy) is 2. The van der Waals surface area contributed by atoms with Gasteiger partial charge in [-0.25, -0.2) is 4.98 Å². The maximum atomic E-state index is 9.33. The standard InChI is InChI=1S/C15H12N2O2S/c1-9-10(2)20-15(17-9)12(7-16)5-11-3-4-13-14(6-11)19-8-18-13/h3-6H,8H2,1-2H3/b12-5+. The number of nitrogens with zero attached hydrogens (tertiary/aromatic N) is 2. The van der Waals surface area contributed by atoms with E-state index in [1.807, 2.05) is 38.1 Å². The Bertz CT molecular complexity index is 721. The summed E-state index contributed by atoms with van der Waals surface area (Å²) in [7, 11) is 0. The highest BCUT2D eigenvalue weighted by molar-refractivity contribution is 7.12. The first-order valence-corrected chi connectivity index (χ1v) is 6.95. The molecular weight excluding hydrogens is 272 g/mol. The van der Waals surface area contributed by atoms with Gasteiger partial charge in [0.15, 0.2) is 11.5 Å². The van der Waals surface area contributed by atoms with Gasteiger partial charge in [-0.2, -0.15) is 5.26 Å². The summed E-state index contributed by atoms with van der Waals surface area (Å²) in [5.74, 6) is 1.45. The first-order chi connectivity index (χ1) is 9.67. The number of rotatable bonds is 2. The molecule has 4 nitrogen and oxygen atoms in total. The second kappa shape index (κ2) is 4.99. The first kappa shape index (κ1) is 12.7. The minimum atomic E-state index is 0.248. The highest BCUT2D eigenvalue weighted by Crippen LogP contribution is 2.34. The van der Waals surface area contributed by atoms with Crippen LogP contribution >= 0.6 is 11.3 Å². The fourth-order valence-electron chi connectivity index (χ4n) is 1.90. The van der Waals surface area contributed by atoms with E-state index in [0.717, 1.165) is 26.9 Å². The van der Waals surface area contributed by atoms with Crippen LogP contribution in [0.3, 0.4) is 0 Å². The zero-order valence-corrected chi connectivity index (χ0v) is 12.0. The molecule has 0 saturated heterocycles. The van der Waals surface area contributed by atoms with Gasteiger partial charge in [-0.1, -0.05) is 6.07 Å². The molecular formula is C15H12N2O2S. The van der Waals surface area contributed by atoms with Crippen LogP contribution in [0.4, 0.5) is 0 Å². The summed E-state index contributed by atoms with van der Waals surface area (Å²) in [6.45, 7) is 4.20. The van der Waals surface area contributed by atoms with Crippen molar-refractivity contribution >= 4 is 23.0 Å². The Morgan fingerprint density at radius 1 is 1.35 bits per heavy atom. The summed E-state index contributed by atoms with van der Waals surface area (Å²) >= 11 is 1.53. The molecule has 100 valence electrons. The van der Waals surface area contributed by atoms with E-state index in [-0.39, 0.29) is 6.79 Å². The molecule has 1 aliphatic rings. The lowest BCUT2D eigenvalue weighted by molar-refractivity contribution is 0.174. The van der Waals surface area contributed by atoms with Crippen LogP contribution in [-0.4, -0.2) is 11.8 Å². The summed E-state index contributed by atoms with van der Waals surface area (Å²) in [5, 5.41) is 10.1. The van der Waals surface area contributed by atoms with Crippen LogP contribution in [0.1, 0.15) is 21.1 Å². The second-order valence-corrected chi connectivity index (χ2v) is 5.65. The van der Waals surface area contributed by atoms with Crippen LogP contribution in [0.2, 0.25) is 0 Å². The van der Waals surface area contributed by atoms with Gasteiger partial charge < -0.3 is 9.47 Å². The molecule has 0 atom stereocenters. The van der Waals surface area contributed by atoms with Crippen molar-refractivity contribution < 1.29 is 9.47 Å². The zero-order chi connectivity index (χ0) is 14.1. The van der Waals surface area contributed by atoms with Gasteiger partial charge in [0.05, 0.1) is 11.3 Å². The number of fused-ring (bicyclic) bond motifs is 1. The third-order valence-electron chi connectivity index (χ3n) is 3.09. The average molecular weight is 284 g/mol. The molecule has 0 bridgehead atoms. The normalized spacial score (nSPS) is 13.3. The minimum absolute atomic E-state index is 0.248. The summed E-state index contributed by atoms with van der Waals surface area (Å²) in [4.78, 5) is 5.55. The summed E-state index contributed by atoms with van der Waals surface area (Å²) in [6.07, 6.45) is 1.82. The Morgan fingerprint density at radius 3 is 2.85 bits per heavy atom. The van der Waals surface area contributed by atoms with Crippen LogP contribution in [0.15, 0.2) is 18.2 Å². The second-order valence-electron chi connectivity index (χ2n) is 4.44. The number of thiazole rings is 1. The van der Waals surface area contributed by atoms with E-state index in [1.54, 1.807) is 0 Å². The molecule has 2 aromatic rings. The number of nitriles is 1. The fraction of sp³-hybridized carbons (Fsp3) is 0.200. The molecule has 0 N–H and O–H groups in total. The molecule has 0 spiro atoms. The van der Waals surface area contributed by atoms with Gasteiger partial charge in [-0.3, -0.25) is 0 Å². The summed E-state index contributed by atoms with van der Waals surface area (Å²) in [5.41, 5.74) is 2.43. The molecule has 0 aliphatic carbocycles. The Balaban J connectivity index is 1.99. The Morgan fingerprint density at radius 2 is 2.15 bits per heavy atom. The molecule has 0 fully saturated rings. The predicted octanol–water partition coefficient (Wildman–Crippen LogP) is 3.55. The van der Waals surface area contributed by atoms with Crippen molar-refractivity contribution in [1.82, 2.24) is 4.98 Å². The molecule has 0 saturated carbocycles. The van der Waals surface area contributed by atoms with Gasteiger partial charge in [0.25, 0.3) is 0 Å². The lowest BCUT2D eigenvalue weighted by Crippen LogP contribution is -1.92. The maximum absolute atomic E-state index is 9.33. The molecule has 1 aromatic carbocycles. The van der Waals surface area contributed by atoms with Gasteiger partial charge in [-0.05, 0) is 37.6 Å². The third kappa shape index (κ3) is 2.26. The highest BCUT2D eigenvalue weighted by atomic mass is 32.1. The van der Waals surface area contributed by atoms with E-state index in [1.165, 1.54) is 11.3 Å². The molecule has 5 heteroatoms. The smallest absolute Gasteiger partial charge is 0.231 e. The van der Waals surface area contributed by atoms with Gasteiger partial charge in [0, 0.05) is 4.88 Å². The molecule has 20 heavy (non-hydrogen) atoms. The van der Waals surface area contributed by atoms with E-state index in [2.05, 4.69) is 11.1 Å². The van der Waals surface area contributed by atoms with E-state index < -0.39 is 0 Å². The molecule has 0 radical (unpaired) electrons. The van der Waals surface area contributed by atoms with E-state index in [0.29, 0.717) is 11.3 Å². The van der Waals surface area contributed by atoms with Gasteiger partial charge in [0.1, 0.15) is 11.1 Å². The molecule has 1 aromatic heterocycles. The molecule has 0 unspecified atom stereocenters. The fourth-order valence-corrected chi connectivity index (χ4v) is 2.78. The van der Waals surface area contributed by atoms with Crippen molar-refractivity contribution in [2.75, 3.05) is 6.79 Å². The molecule has 1 aliphatic heterocycles. The molecule has 3 rings (SSSR count). The van der Waals surface area contributed by atoms with Gasteiger partial charge in [-0.15, -0.1) is 11.3 Å². The summed E-state index contributed by atoms with van der Waals surface area (Å²) in [6, 6.07) is 7.83. The summed E-state index contributed by atoms with van der Waals surface area (Å²) < 4.78 is 10.6. The zero-order valence-electron chi connectivity index (χ0n) is 11.1. The van der Waals surface area contributed by atoms with Crippen molar-refractivity contribution in [2.45, 2.75) is 13.8 Å². The van der Waals surface area contributed by atoms with Crippen LogP contribution in [-0.2, 0) is 0 Å². The quantitative estimate of drug-likeness (QED) is 0.791. The number of allylic oxidation sites excluding steroid dienone is 1. The van der Waals surface area contributed by atoms with E-state index in [9.17, 15) is 5.26 Å². The van der Waals surface area contributed by atoms with Crippen molar-refractivity contribution in [3.8, 4) is 17.6 Å². The number of benzene rings is 1. The van der Waals surface area contributed by atoms with E-state index >= 15 is 0 Å². The number of aromatic nitrogens is 1. The largest absolute Gasteiger partial charge is 0.454 e. The van der Waals surface area contributed by atoms with Crippen molar-refractivity contribution in [1.29, 1.82) is 5.26 Å². The Kier molecular flexibility index (Phi) is 3.17. The lowest BCUT2D eigenvalue weighted by Gasteiger charge is -1.98. The SMILES string of the molecule is Cc1nc(/C(C#N)=C/c2ccc3c(c2)OCO3)sc1C. The maximum Gasteiger partial charge on any atom is 0.231 e. The Hall–Kier alpha value is -2.32. The van der Waals surface area contributed by atoms with Crippen LogP contribution < -0.4 is 9.47 Å². The average Bonchev–Trinajstić information content (AvgIpc) is 3.03. The molecule has 2 heterocycles. The Labute approximate surface area is 120 Å². The topological polar surface area (TPSA) is 55.1 Å². The van der Waals surface area contributed by atoms with Crippen molar-refractivity contribution in [3.63, 3.8) is 0 Å². The number of hydrogen-bond donors (Lipinski definition) is 0. The minimum Gasteiger partial charge on any atom is -0.454 e. The monoisotopic (exact) mass is 284 g/mol. The van der Waals surface area contributed by atoms with Gasteiger partial charge in [0.2, 0.25) is 6.79 Å². The number of aryl methyl sites for hydroxylation is 2. The predicted molar refractivity (Wildman–Crippen MR) is 77.6 cm³/mol. The molecule has 0 amide bonds. The number of hydrogen-bond acceptors (Lipinski definition) is 5. The van der Waals surface area contributed by atoms with Crippen molar-refractivity contribution in [3.05, 3.63) is 39.3 Å². The van der Waals surface area contributed by atoms with Crippen LogP contribution in [0.5, 0.6) is 11.5 Å². The van der Waals surface area contributed by atoms with Crippen LogP contribution in [0, 0.1) is 25.2 Å². The lowest BCUT2D eigenvalue weighted by atomic mass is 10.1. The van der Waals surface area contributed by atoms with Crippen molar-refractivity contribution in [2.24, 2.45) is 0 Å². The van der Waals surface area contributed by atoms with E-state index in [4.69, 9.17) is 9.47 Å². The van der Waals surface area contributed by atoms with Gasteiger partial charge >= 0.3 is 0 Å². The third-order valence-corrected chi connectivity index (χ3v) is 4.19. The highest BCUT2D eigenvalue weighted by Gasteiger charge is 2.14. The first-order valence-electron chi connectivity index (χ1n) is 6.13.